The number of morpholine rings is 1. The van der Waals surface area contributed by atoms with Gasteiger partial charge in [-0.2, -0.15) is 0 Å². The predicted octanol–water partition coefficient (Wildman–Crippen LogP) is 1.52. The zero-order chi connectivity index (χ0) is 18.6. The summed E-state index contributed by atoms with van der Waals surface area (Å²) in [5, 5.41) is 3.29. The highest BCUT2D eigenvalue weighted by Crippen LogP contribution is 2.27. The van der Waals surface area contributed by atoms with E-state index in [-0.39, 0.29) is 6.10 Å². The van der Waals surface area contributed by atoms with Crippen molar-refractivity contribution in [1.82, 2.24) is 25.3 Å². The van der Waals surface area contributed by atoms with Gasteiger partial charge in [-0.1, -0.05) is 0 Å². The lowest BCUT2D eigenvalue weighted by molar-refractivity contribution is -0.000407. The van der Waals surface area contributed by atoms with Gasteiger partial charge in [0.05, 0.1) is 17.8 Å². The Balaban J connectivity index is 1.65. The minimum atomic E-state index is -0.00281. The molecule has 4 heterocycles. The molecule has 3 aromatic heterocycles. The van der Waals surface area contributed by atoms with E-state index in [1.54, 1.807) is 18.6 Å². The highest BCUT2D eigenvalue weighted by atomic mass is 16.5. The van der Waals surface area contributed by atoms with E-state index >= 15 is 0 Å². The van der Waals surface area contributed by atoms with E-state index in [0.717, 1.165) is 35.7 Å². The summed E-state index contributed by atoms with van der Waals surface area (Å²) in [5.41, 5.74) is 3.02. The first-order chi connectivity index (χ1) is 13.2. The van der Waals surface area contributed by atoms with Gasteiger partial charge in [0.15, 0.2) is 5.52 Å². The second kappa shape index (κ2) is 7.81. The molecule has 0 aromatic carbocycles. The van der Waals surface area contributed by atoms with Crippen LogP contribution in [0.4, 0.5) is 5.82 Å². The van der Waals surface area contributed by atoms with Crippen molar-refractivity contribution in [3.05, 3.63) is 36.8 Å². The minimum absolute atomic E-state index is 0.00281. The zero-order valence-electron chi connectivity index (χ0n) is 15.4. The summed E-state index contributed by atoms with van der Waals surface area (Å²) in [4.78, 5) is 19.9. The molecule has 0 amide bonds. The summed E-state index contributed by atoms with van der Waals surface area (Å²) in [6.07, 6.45) is 5.11. The van der Waals surface area contributed by atoms with E-state index < -0.39 is 0 Å². The van der Waals surface area contributed by atoms with Gasteiger partial charge in [-0.25, -0.2) is 15.0 Å². The van der Waals surface area contributed by atoms with Crippen molar-refractivity contribution in [3.8, 4) is 17.1 Å². The Hall–Kier alpha value is -2.84. The maximum Gasteiger partial charge on any atom is 0.242 e. The van der Waals surface area contributed by atoms with Gasteiger partial charge in [0.1, 0.15) is 18.5 Å². The summed E-state index contributed by atoms with van der Waals surface area (Å²) in [5.74, 6) is 1.35. The summed E-state index contributed by atoms with van der Waals surface area (Å²) in [6.45, 7) is 2.73. The summed E-state index contributed by atoms with van der Waals surface area (Å²) >= 11 is 0. The highest BCUT2D eigenvalue weighted by molar-refractivity contribution is 5.83. The van der Waals surface area contributed by atoms with Crippen molar-refractivity contribution >= 4 is 16.9 Å². The largest absolute Gasteiger partial charge is 0.473 e. The Bertz CT molecular complexity index is 910. The third kappa shape index (κ3) is 3.96. The van der Waals surface area contributed by atoms with Gasteiger partial charge in [-0.05, 0) is 18.2 Å². The normalized spacial score (nSPS) is 17.0. The summed E-state index contributed by atoms with van der Waals surface area (Å²) < 4.78 is 11.7. The molecule has 0 saturated carbocycles. The number of hydrogen-bond donors (Lipinski definition) is 1. The van der Waals surface area contributed by atoms with E-state index in [1.165, 1.54) is 0 Å². The molecule has 1 aliphatic heterocycles. The van der Waals surface area contributed by atoms with Crippen LogP contribution in [0.3, 0.4) is 0 Å². The molecule has 27 heavy (non-hydrogen) atoms. The molecule has 1 fully saturated rings. The fourth-order valence-corrected chi connectivity index (χ4v) is 2.89. The van der Waals surface area contributed by atoms with Crippen molar-refractivity contribution in [2.75, 3.05) is 45.3 Å². The third-order valence-corrected chi connectivity index (χ3v) is 4.34. The van der Waals surface area contributed by atoms with Gasteiger partial charge < -0.3 is 19.7 Å². The molecule has 0 bridgehead atoms. The van der Waals surface area contributed by atoms with E-state index in [1.807, 2.05) is 37.2 Å². The molecular formula is C19H22N6O2. The first-order valence-corrected chi connectivity index (χ1v) is 8.91. The molecule has 140 valence electrons. The van der Waals surface area contributed by atoms with Crippen molar-refractivity contribution in [2.45, 2.75) is 6.10 Å². The van der Waals surface area contributed by atoms with Gasteiger partial charge in [0, 0.05) is 51.3 Å². The number of nitrogens with zero attached hydrogens (tertiary/aromatic N) is 5. The molecular weight excluding hydrogens is 344 g/mol. The van der Waals surface area contributed by atoms with Crippen LogP contribution in [0.15, 0.2) is 36.8 Å². The quantitative estimate of drug-likeness (QED) is 0.727. The molecule has 0 unspecified atom stereocenters. The van der Waals surface area contributed by atoms with Crippen LogP contribution in [0.1, 0.15) is 0 Å². The van der Waals surface area contributed by atoms with Crippen molar-refractivity contribution in [2.24, 2.45) is 0 Å². The van der Waals surface area contributed by atoms with Crippen LogP contribution in [0.25, 0.3) is 22.3 Å². The topological polar surface area (TPSA) is 85.3 Å². The van der Waals surface area contributed by atoms with Gasteiger partial charge in [-0.15, -0.1) is 0 Å². The molecule has 4 rings (SSSR count). The number of anilines is 1. The summed E-state index contributed by atoms with van der Waals surface area (Å²) in [7, 11) is 3.92. The highest BCUT2D eigenvalue weighted by Gasteiger charge is 2.17. The van der Waals surface area contributed by atoms with Crippen LogP contribution >= 0.6 is 0 Å². The molecule has 3 aromatic rings. The van der Waals surface area contributed by atoms with Gasteiger partial charge in [0.2, 0.25) is 5.88 Å². The van der Waals surface area contributed by atoms with E-state index in [4.69, 9.17) is 9.47 Å². The van der Waals surface area contributed by atoms with Gasteiger partial charge in [-0.3, -0.25) is 4.98 Å². The Kier molecular flexibility index (Phi) is 5.08. The second-order valence-corrected chi connectivity index (χ2v) is 6.54. The van der Waals surface area contributed by atoms with Crippen LogP contribution in [0.5, 0.6) is 5.88 Å². The maximum absolute atomic E-state index is 5.98. The molecule has 1 atom stereocenters. The smallest absolute Gasteiger partial charge is 0.242 e. The molecule has 1 aliphatic rings. The molecule has 8 heteroatoms. The van der Waals surface area contributed by atoms with Crippen molar-refractivity contribution in [3.63, 3.8) is 0 Å². The number of nitrogens with one attached hydrogen (secondary N) is 1. The molecule has 1 saturated heterocycles. The fraction of sp³-hybridized carbons (Fsp3) is 0.368. The van der Waals surface area contributed by atoms with Crippen LogP contribution in [-0.4, -0.2) is 66.4 Å². The first-order valence-electron chi connectivity index (χ1n) is 8.91. The number of hydrogen-bond acceptors (Lipinski definition) is 8. The molecule has 0 aliphatic carbocycles. The SMILES string of the molecule is CN(C)c1ccc(-c2cc3nccnc3c(OC[C@@H]3CNCCO3)n2)cn1. The lowest BCUT2D eigenvalue weighted by Gasteiger charge is -2.23. The standard InChI is InChI=1S/C19H22N6O2/c1-25(2)17-4-3-13(10-23-17)15-9-16-18(22-6-5-21-16)19(24-15)27-12-14-11-20-7-8-26-14/h3-6,9-10,14,20H,7-8,11-12H2,1-2H3/t14-/m0/s1. The zero-order valence-corrected chi connectivity index (χ0v) is 15.4. The number of aromatic nitrogens is 4. The van der Waals surface area contributed by atoms with Crippen LogP contribution in [0, 0.1) is 0 Å². The molecule has 0 spiro atoms. The monoisotopic (exact) mass is 366 g/mol. The van der Waals surface area contributed by atoms with Crippen LogP contribution in [0.2, 0.25) is 0 Å². The Morgan fingerprint density at radius 1 is 1.22 bits per heavy atom. The molecule has 0 radical (unpaired) electrons. The van der Waals surface area contributed by atoms with Crippen LogP contribution < -0.4 is 15.0 Å². The molecule has 1 N–H and O–H groups in total. The fourth-order valence-electron chi connectivity index (χ4n) is 2.89. The Morgan fingerprint density at radius 2 is 2.11 bits per heavy atom. The van der Waals surface area contributed by atoms with Crippen molar-refractivity contribution in [1.29, 1.82) is 0 Å². The summed E-state index contributed by atoms with van der Waals surface area (Å²) in [6, 6.07) is 5.85. The Morgan fingerprint density at radius 3 is 2.85 bits per heavy atom. The van der Waals surface area contributed by atoms with E-state index in [2.05, 4.69) is 25.3 Å². The number of ether oxygens (including phenoxy) is 2. The van der Waals surface area contributed by atoms with Gasteiger partial charge >= 0.3 is 0 Å². The van der Waals surface area contributed by atoms with E-state index in [0.29, 0.717) is 24.6 Å². The third-order valence-electron chi connectivity index (χ3n) is 4.34. The second-order valence-electron chi connectivity index (χ2n) is 6.54. The first kappa shape index (κ1) is 17.6. The number of rotatable bonds is 5. The Labute approximate surface area is 157 Å². The predicted molar refractivity (Wildman–Crippen MR) is 103 cm³/mol. The van der Waals surface area contributed by atoms with Crippen LogP contribution in [-0.2, 0) is 4.74 Å². The van der Waals surface area contributed by atoms with Gasteiger partial charge in [0.25, 0.3) is 0 Å². The lowest BCUT2D eigenvalue weighted by Crippen LogP contribution is -2.41. The average molecular weight is 366 g/mol. The number of fused-ring (bicyclic) bond motifs is 1. The molecule has 8 nitrogen and oxygen atoms in total. The minimum Gasteiger partial charge on any atom is -0.473 e. The van der Waals surface area contributed by atoms with E-state index in [9.17, 15) is 0 Å². The van der Waals surface area contributed by atoms with Crippen molar-refractivity contribution < 1.29 is 9.47 Å². The number of pyridine rings is 2. The maximum atomic E-state index is 5.98. The lowest BCUT2D eigenvalue weighted by atomic mass is 10.1. The average Bonchev–Trinajstić information content (AvgIpc) is 2.72.